The van der Waals surface area contributed by atoms with Crippen LogP contribution in [0, 0.1) is 0 Å². The number of carbonyl (C=O) groups is 2. The van der Waals surface area contributed by atoms with E-state index < -0.39 is 11.9 Å². The number of para-hydroxylation sites is 1. The Labute approximate surface area is 157 Å². The molecule has 7 nitrogen and oxygen atoms in total. The van der Waals surface area contributed by atoms with Gasteiger partial charge in [0.1, 0.15) is 17.2 Å². The molecule has 0 spiro atoms. The monoisotopic (exact) mass is 415 g/mol. The van der Waals surface area contributed by atoms with Gasteiger partial charge in [-0.25, -0.2) is 4.68 Å². The average Bonchev–Trinajstić information content (AvgIpc) is 3.03. The zero-order valence-corrected chi connectivity index (χ0v) is 15.6. The van der Waals surface area contributed by atoms with Gasteiger partial charge in [0.25, 0.3) is 0 Å². The van der Waals surface area contributed by atoms with Crippen LogP contribution in [-0.2, 0) is 9.59 Å². The van der Waals surface area contributed by atoms with E-state index in [9.17, 15) is 9.59 Å². The summed E-state index contributed by atoms with van der Waals surface area (Å²) in [5.41, 5.74) is 1.55. The van der Waals surface area contributed by atoms with Crippen molar-refractivity contribution < 1.29 is 19.1 Å². The van der Waals surface area contributed by atoms with Crippen molar-refractivity contribution in [2.45, 2.75) is 13.8 Å². The molecule has 0 aliphatic heterocycles. The lowest BCUT2D eigenvalue weighted by atomic mass is 10.1. The van der Waals surface area contributed by atoms with Gasteiger partial charge in [-0.2, -0.15) is 0 Å². The van der Waals surface area contributed by atoms with Crippen molar-refractivity contribution in [1.29, 1.82) is 0 Å². The van der Waals surface area contributed by atoms with Gasteiger partial charge in [-0.3, -0.25) is 9.59 Å². The molecule has 0 atom stereocenters. The van der Waals surface area contributed by atoms with Crippen LogP contribution in [0.2, 0.25) is 0 Å². The van der Waals surface area contributed by atoms with Crippen LogP contribution in [0.25, 0.3) is 16.9 Å². The third-order valence-electron chi connectivity index (χ3n) is 3.34. The lowest BCUT2D eigenvalue weighted by molar-refractivity contribution is -0.132. The molecule has 0 unspecified atom stereocenters. The van der Waals surface area contributed by atoms with Gasteiger partial charge in [0.05, 0.1) is 17.4 Å². The van der Waals surface area contributed by atoms with Gasteiger partial charge in [-0.05, 0) is 40.2 Å². The van der Waals surface area contributed by atoms with E-state index in [0.29, 0.717) is 11.3 Å². The molecule has 3 rings (SSSR count). The Hall–Kier alpha value is -3.00. The molecule has 26 heavy (non-hydrogen) atoms. The van der Waals surface area contributed by atoms with E-state index in [2.05, 4.69) is 26.2 Å². The van der Waals surface area contributed by atoms with Gasteiger partial charge in [0.2, 0.25) is 0 Å². The first-order chi connectivity index (χ1) is 12.5. The summed E-state index contributed by atoms with van der Waals surface area (Å²) in [5, 5.41) is 8.27. The Morgan fingerprint density at radius 2 is 1.58 bits per heavy atom. The first-order valence-electron chi connectivity index (χ1n) is 7.63. The maximum Gasteiger partial charge on any atom is 0.308 e. The number of esters is 2. The van der Waals surface area contributed by atoms with Gasteiger partial charge >= 0.3 is 11.9 Å². The molecular weight excluding hydrogens is 402 g/mol. The molecule has 0 bridgehead atoms. The van der Waals surface area contributed by atoms with Gasteiger partial charge in [0, 0.05) is 18.3 Å². The van der Waals surface area contributed by atoms with Crippen LogP contribution in [0.4, 0.5) is 0 Å². The van der Waals surface area contributed by atoms with Crippen LogP contribution in [0.15, 0.2) is 53.1 Å². The quantitative estimate of drug-likeness (QED) is 0.478. The van der Waals surface area contributed by atoms with Crippen molar-refractivity contribution >= 4 is 27.9 Å². The number of benzene rings is 2. The van der Waals surface area contributed by atoms with Gasteiger partial charge < -0.3 is 9.47 Å². The Balaban J connectivity index is 2.12. The summed E-state index contributed by atoms with van der Waals surface area (Å²) in [6, 6.07) is 12.3. The number of hydrogen-bond donors (Lipinski definition) is 0. The first-order valence-corrected chi connectivity index (χ1v) is 8.42. The second-order valence-electron chi connectivity index (χ2n) is 5.32. The SMILES string of the molecule is CC(=O)Oc1cccc(OC(C)=O)c1-c1cn(-c2ccccc2Br)nn1. The minimum atomic E-state index is -0.496. The van der Waals surface area contributed by atoms with E-state index in [1.807, 2.05) is 24.3 Å². The average molecular weight is 416 g/mol. The van der Waals surface area contributed by atoms with Crippen molar-refractivity contribution in [2.24, 2.45) is 0 Å². The van der Waals surface area contributed by atoms with Crippen molar-refractivity contribution in [2.75, 3.05) is 0 Å². The zero-order chi connectivity index (χ0) is 18.7. The number of hydrogen-bond acceptors (Lipinski definition) is 6. The number of ether oxygens (including phenoxy) is 2. The lowest BCUT2D eigenvalue weighted by Crippen LogP contribution is -2.06. The standard InChI is InChI=1S/C18H14BrN3O4/c1-11(23)25-16-8-5-9-17(26-12(2)24)18(16)14-10-22(21-20-14)15-7-4-3-6-13(15)19/h3-10H,1-2H3. The summed E-state index contributed by atoms with van der Waals surface area (Å²) in [7, 11) is 0. The van der Waals surface area contributed by atoms with Crippen molar-refractivity contribution in [1.82, 2.24) is 15.0 Å². The van der Waals surface area contributed by atoms with Crippen LogP contribution in [0.5, 0.6) is 11.5 Å². The molecule has 132 valence electrons. The molecule has 8 heteroatoms. The predicted octanol–water partition coefficient (Wildman–Crippen LogP) is 3.55. The molecule has 0 saturated carbocycles. The molecular formula is C18H14BrN3O4. The summed E-state index contributed by atoms with van der Waals surface area (Å²) in [4.78, 5) is 22.8. The fourth-order valence-electron chi connectivity index (χ4n) is 2.38. The molecule has 0 aliphatic rings. The fraction of sp³-hybridized carbons (Fsp3) is 0.111. The largest absolute Gasteiger partial charge is 0.426 e. The fourth-order valence-corrected chi connectivity index (χ4v) is 2.84. The van der Waals surface area contributed by atoms with Gasteiger partial charge in [-0.1, -0.05) is 23.4 Å². The van der Waals surface area contributed by atoms with Crippen LogP contribution in [0.3, 0.4) is 0 Å². The van der Waals surface area contributed by atoms with E-state index in [1.54, 1.807) is 29.1 Å². The van der Waals surface area contributed by atoms with Crippen LogP contribution in [-0.4, -0.2) is 26.9 Å². The Morgan fingerprint density at radius 1 is 0.962 bits per heavy atom. The molecule has 0 amide bonds. The molecule has 2 aromatic carbocycles. The van der Waals surface area contributed by atoms with Crippen LogP contribution < -0.4 is 9.47 Å². The molecule has 1 aromatic heterocycles. The highest BCUT2D eigenvalue weighted by atomic mass is 79.9. The summed E-state index contributed by atoms with van der Waals surface area (Å²) in [6.07, 6.45) is 1.66. The molecule has 0 radical (unpaired) electrons. The van der Waals surface area contributed by atoms with Crippen molar-refractivity contribution in [3.63, 3.8) is 0 Å². The normalized spacial score (nSPS) is 10.4. The molecule has 0 saturated heterocycles. The van der Waals surface area contributed by atoms with E-state index in [4.69, 9.17) is 9.47 Å². The summed E-state index contributed by atoms with van der Waals surface area (Å²) in [6.45, 7) is 2.58. The second-order valence-corrected chi connectivity index (χ2v) is 6.17. The highest BCUT2D eigenvalue weighted by Crippen LogP contribution is 2.38. The minimum absolute atomic E-state index is 0.232. The van der Waals surface area contributed by atoms with E-state index in [0.717, 1.165) is 10.2 Å². The summed E-state index contributed by atoms with van der Waals surface area (Å²) < 4.78 is 12.9. The lowest BCUT2D eigenvalue weighted by Gasteiger charge is -2.11. The molecule has 3 aromatic rings. The first kappa shape index (κ1) is 17.8. The van der Waals surface area contributed by atoms with E-state index >= 15 is 0 Å². The third-order valence-corrected chi connectivity index (χ3v) is 4.01. The van der Waals surface area contributed by atoms with E-state index in [1.165, 1.54) is 13.8 Å². The van der Waals surface area contributed by atoms with Gasteiger partial charge in [-0.15, -0.1) is 5.10 Å². The van der Waals surface area contributed by atoms with Crippen LogP contribution >= 0.6 is 15.9 Å². The van der Waals surface area contributed by atoms with Crippen molar-refractivity contribution in [3.8, 4) is 28.4 Å². The Kier molecular flexibility index (Phi) is 5.13. The third kappa shape index (κ3) is 3.80. The summed E-state index contributed by atoms with van der Waals surface area (Å²) in [5.74, 6) is -0.528. The zero-order valence-electron chi connectivity index (χ0n) is 14.0. The molecule has 0 fully saturated rings. The number of halogens is 1. The smallest absolute Gasteiger partial charge is 0.308 e. The van der Waals surface area contributed by atoms with E-state index in [-0.39, 0.29) is 11.5 Å². The molecule has 0 N–H and O–H groups in total. The maximum absolute atomic E-state index is 11.4. The number of carbonyl (C=O) groups excluding carboxylic acids is 2. The Bertz CT molecular complexity index is 950. The predicted molar refractivity (Wildman–Crippen MR) is 97.1 cm³/mol. The Morgan fingerprint density at radius 3 is 2.15 bits per heavy atom. The molecule has 1 heterocycles. The second kappa shape index (κ2) is 7.49. The number of aromatic nitrogens is 3. The summed E-state index contributed by atoms with van der Waals surface area (Å²) >= 11 is 3.47. The minimum Gasteiger partial charge on any atom is -0.426 e. The highest BCUT2D eigenvalue weighted by molar-refractivity contribution is 9.10. The highest BCUT2D eigenvalue weighted by Gasteiger charge is 2.19. The van der Waals surface area contributed by atoms with Gasteiger partial charge in [0.15, 0.2) is 0 Å². The maximum atomic E-state index is 11.4. The number of nitrogens with zero attached hydrogens (tertiary/aromatic N) is 3. The topological polar surface area (TPSA) is 83.3 Å². The van der Waals surface area contributed by atoms with Crippen LogP contribution in [0.1, 0.15) is 13.8 Å². The number of rotatable bonds is 4. The van der Waals surface area contributed by atoms with Crippen molar-refractivity contribution in [3.05, 3.63) is 53.1 Å². The molecule has 0 aliphatic carbocycles.